The van der Waals surface area contributed by atoms with Crippen LogP contribution in [0.1, 0.15) is 2.85 Å². The third kappa shape index (κ3) is 10.9. The van der Waals surface area contributed by atoms with Gasteiger partial charge in [0.1, 0.15) is 0 Å². The van der Waals surface area contributed by atoms with Crippen molar-refractivity contribution in [2.75, 3.05) is 0 Å². The first-order chi connectivity index (χ1) is 5.97. The van der Waals surface area contributed by atoms with Gasteiger partial charge < -0.3 is 26.9 Å². The zero-order valence-electron chi connectivity index (χ0n) is 8.86. The van der Waals surface area contributed by atoms with Crippen LogP contribution >= 0.6 is 23.5 Å². The van der Waals surface area contributed by atoms with Gasteiger partial charge in [-0.25, -0.2) is 13.7 Å². The minimum atomic E-state index is -5.43. The van der Waals surface area contributed by atoms with Crippen molar-refractivity contribution in [3.63, 3.8) is 0 Å². The summed E-state index contributed by atoms with van der Waals surface area (Å²) in [6, 6.07) is 0. The summed E-state index contributed by atoms with van der Waals surface area (Å²) in [4.78, 5) is 33.0. The van der Waals surface area contributed by atoms with Gasteiger partial charge in [0.05, 0.1) is 0 Å². The van der Waals surface area contributed by atoms with E-state index < -0.39 is 23.5 Å². The normalized spacial score (nSPS) is 19.7. The maximum Gasteiger partial charge on any atom is 2.00 e. The van der Waals surface area contributed by atoms with E-state index in [9.17, 15) is 13.7 Å². The first-order valence-corrected chi connectivity index (χ1v) is 7.02. The van der Waals surface area contributed by atoms with Crippen LogP contribution in [0.25, 0.3) is 0 Å². The molecule has 2 radical (unpaired) electrons. The number of rotatable bonds is 5. The van der Waals surface area contributed by atoms with Crippen LogP contribution in [-0.2, 0) is 26.8 Å². The molecule has 0 saturated heterocycles. The van der Waals surface area contributed by atoms with E-state index in [0.29, 0.717) is 0 Å². The van der Waals surface area contributed by atoms with E-state index in [2.05, 4.69) is 21.1 Å². The Morgan fingerprint density at radius 3 is 1.60 bits per heavy atom. The molecule has 0 aliphatic rings. The summed E-state index contributed by atoms with van der Waals surface area (Å²) in [5, 5.41) is 0. The number of hydrogen-bond donors (Lipinski definition) is 4. The SMILES string of the molecule is [B]OP(=O)(O)OP(=O)(O)OP(=O)(O)O.[Ba+2].[H-].[H-]. The largest absolute Gasteiger partial charge is 2.00 e. The molecule has 0 aliphatic carbocycles. The molecule has 2 unspecified atom stereocenters. The van der Waals surface area contributed by atoms with Crippen molar-refractivity contribution in [2.45, 2.75) is 0 Å². The topological polar surface area (TPSA) is 160 Å². The van der Waals surface area contributed by atoms with E-state index in [0.717, 1.165) is 0 Å². The van der Waals surface area contributed by atoms with Crippen molar-refractivity contribution in [3.05, 3.63) is 0 Å². The van der Waals surface area contributed by atoms with Crippen molar-refractivity contribution >= 4 is 80.4 Å². The average Bonchev–Trinajstić information content (AvgIpc) is 1.78. The Morgan fingerprint density at radius 2 is 1.33 bits per heavy atom. The minimum Gasteiger partial charge on any atom is -1.00 e. The van der Waals surface area contributed by atoms with Gasteiger partial charge in [-0.2, -0.15) is 8.62 Å². The molecule has 0 amide bonds. The number of phosphoric acid groups is 3. The summed E-state index contributed by atoms with van der Waals surface area (Å²) < 4.78 is 40.7. The van der Waals surface area contributed by atoms with Gasteiger partial charge in [0, 0.05) is 0 Å². The second-order valence-electron chi connectivity index (χ2n) is 1.70. The maximum atomic E-state index is 10.6. The summed E-state index contributed by atoms with van der Waals surface area (Å²) in [5.41, 5.74) is 0. The van der Waals surface area contributed by atoms with Gasteiger partial charge in [0.25, 0.3) is 8.05 Å². The molecule has 0 aromatic carbocycles. The van der Waals surface area contributed by atoms with E-state index >= 15 is 0 Å². The summed E-state index contributed by atoms with van der Waals surface area (Å²) >= 11 is 0. The standard InChI is InChI=1S/BH4O10P3.Ba.2H/c1-9-13(5,6)11-14(7,8)10-12(2,3)4;;;/h(H,5,6)(H,7,8)(H2,2,3,4);;;/q;+2;2*-1. The van der Waals surface area contributed by atoms with Crippen LogP contribution in [0, 0.1) is 0 Å². The second kappa shape index (κ2) is 6.84. The summed E-state index contributed by atoms with van der Waals surface area (Å²) in [7, 11) is -11.7. The third-order valence-corrected chi connectivity index (χ3v) is 4.14. The predicted molar refractivity (Wildman–Crippen MR) is 48.7 cm³/mol. The molecular formula is H6BBaO10P3. The van der Waals surface area contributed by atoms with Crippen molar-refractivity contribution in [3.8, 4) is 0 Å². The Bertz CT molecular complexity index is 338. The zero-order chi connectivity index (χ0) is 11.6. The maximum absolute atomic E-state index is 10.6. The monoisotopic (exact) mass is 408 g/mol. The van der Waals surface area contributed by atoms with Crippen LogP contribution in [0.15, 0.2) is 0 Å². The molecule has 15 heteroatoms. The second-order valence-corrected chi connectivity index (χ2v) is 6.07. The van der Waals surface area contributed by atoms with E-state index in [1.54, 1.807) is 0 Å². The minimum absolute atomic E-state index is 0. The summed E-state index contributed by atoms with van der Waals surface area (Å²) in [5.74, 6) is 0. The molecule has 0 heterocycles. The quantitative estimate of drug-likeness (QED) is 0.338. The molecule has 0 spiro atoms. The zero-order valence-corrected chi connectivity index (χ0v) is 14.0. The van der Waals surface area contributed by atoms with Gasteiger partial charge >= 0.3 is 72.3 Å². The van der Waals surface area contributed by atoms with Crippen LogP contribution in [-0.4, -0.2) is 76.5 Å². The van der Waals surface area contributed by atoms with Gasteiger partial charge in [-0.05, 0) is 0 Å². The third-order valence-electron chi connectivity index (χ3n) is 0.549. The first-order valence-electron chi connectivity index (χ1n) is 2.50. The van der Waals surface area contributed by atoms with Crippen LogP contribution in [0.5, 0.6) is 0 Å². The summed E-state index contributed by atoms with van der Waals surface area (Å²) in [6.45, 7) is 0. The van der Waals surface area contributed by atoms with Crippen molar-refractivity contribution in [1.29, 1.82) is 0 Å². The van der Waals surface area contributed by atoms with Gasteiger partial charge in [-0.15, -0.1) is 0 Å². The first kappa shape index (κ1) is 19.4. The fourth-order valence-corrected chi connectivity index (χ4v) is 2.96. The van der Waals surface area contributed by atoms with Crippen LogP contribution in [0.4, 0.5) is 0 Å². The van der Waals surface area contributed by atoms with Crippen LogP contribution in [0.3, 0.4) is 0 Å². The van der Waals surface area contributed by atoms with E-state index in [1.165, 1.54) is 0 Å². The molecule has 0 bridgehead atoms. The Labute approximate surface area is 128 Å². The summed E-state index contributed by atoms with van der Waals surface area (Å²) in [6.07, 6.45) is 0. The fourth-order valence-electron chi connectivity index (χ4n) is 0.299. The molecule has 4 N–H and O–H groups in total. The molecule has 0 aromatic rings. The molecule has 0 fully saturated rings. The predicted octanol–water partition coefficient (Wildman–Crippen LogP) is -0.743. The van der Waals surface area contributed by atoms with Crippen LogP contribution < -0.4 is 0 Å². The molecule has 15 heavy (non-hydrogen) atoms. The molecule has 2 atom stereocenters. The van der Waals surface area contributed by atoms with Crippen molar-refractivity contribution in [2.24, 2.45) is 0 Å². The molecule has 0 rings (SSSR count). The molecular weight excluding hydrogens is 401 g/mol. The Kier molecular flexibility index (Phi) is 8.84. The smallest absolute Gasteiger partial charge is 1.00 e. The number of hydrogen-bond acceptors (Lipinski definition) is 6. The van der Waals surface area contributed by atoms with Crippen LogP contribution in [0.2, 0.25) is 0 Å². The van der Waals surface area contributed by atoms with Crippen molar-refractivity contribution < 1.29 is 49.2 Å². The molecule has 0 aromatic heterocycles. The van der Waals surface area contributed by atoms with Gasteiger partial charge in [-0.3, -0.25) is 0 Å². The molecule has 86 valence electrons. The van der Waals surface area contributed by atoms with Gasteiger partial charge in [0.2, 0.25) is 0 Å². The van der Waals surface area contributed by atoms with E-state index in [-0.39, 0.29) is 51.7 Å². The molecule has 10 nitrogen and oxygen atoms in total. The van der Waals surface area contributed by atoms with E-state index in [4.69, 9.17) is 19.6 Å². The molecule has 0 saturated carbocycles. The average molecular weight is 407 g/mol. The van der Waals surface area contributed by atoms with Crippen molar-refractivity contribution in [1.82, 2.24) is 0 Å². The Balaban J connectivity index is -0.000000282. The Hall–Kier alpha value is 2.05. The van der Waals surface area contributed by atoms with Gasteiger partial charge in [-0.1, -0.05) is 0 Å². The Morgan fingerprint density at radius 1 is 0.933 bits per heavy atom. The fraction of sp³-hybridized carbons (Fsp3) is 0. The molecule has 0 aliphatic heterocycles. The van der Waals surface area contributed by atoms with Gasteiger partial charge in [0.15, 0.2) is 0 Å². The van der Waals surface area contributed by atoms with E-state index in [1.807, 2.05) is 0 Å².